The molecule has 0 saturated carbocycles. The number of carbonyl (C=O) groups excluding carboxylic acids is 2. The van der Waals surface area contributed by atoms with Crippen molar-refractivity contribution in [2.75, 3.05) is 42.5 Å². The Labute approximate surface area is 366 Å². The number of hydrogen-bond acceptors (Lipinski definition) is 15. The largest absolute Gasteiger partial charge is 0.507 e. The molecule has 5 aromatic heterocycles. The highest BCUT2D eigenvalue weighted by molar-refractivity contribution is 7.22. The molecule has 2 aliphatic heterocycles. The van der Waals surface area contributed by atoms with E-state index in [-0.39, 0.29) is 42.5 Å². The van der Waals surface area contributed by atoms with Gasteiger partial charge in [-0.2, -0.15) is 0 Å². The number of carbonyl (C=O) groups is 2. The Bertz CT molecular complexity index is 2710. The van der Waals surface area contributed by atoms with Gasteiger partial charge in [-0.3, -0.25) is 9.59 Å². The first-order valence-electron chi connectivity index (χ1n) is 20.6. The fourth-order valence-corrected chi connectivity index (χ4v) is 10.1. The van der Waals surface area contributed by atoms with Crippen LogP contribution in [0.1, 0.15) is 56.2 Å². The van der Waals surface area contributed by atoms with Crippen LogP contribution in [0.15, 0.2) is 89.2 Å². The van der Waals surface area contributed by atoms with Crippen LogP contribution in [0.3, 0.4) is 0 Å². The minimum atomic E-state index is -0.839. The topological polar surface area (TPSA) is 187 Å². The van der Waals surface area contributed by atoms with Crippen molar-refractivity contribution >= 4 is 55.7 Å². The number of likely N-dealkylation sites (tertiary alicyclic amines) is 1. The van der Waals surface area contributed by atoms with Gasteiger partial charge in [0.15, 0.2) is 0 Å². The summed E-state index contributed by atoms with van der Waals surface area (Å²) in [5.41, 5.74) is 8.04. The van der Waals surface area contributed by atoms with Crippen LogP contribution in [0.25, 0.3) is 43.2 Å². The molecule has 2 aromatic carbocycles. The van der Waals surface area contributed by atoms with Gasteiger partial charge in [-0.25, -0.2) is 15.0 Å². The number of anilines is 2. The van der Waals surface area contributed by atoms with Gasteiger partial charge in [-0.1, -0.05) is 55.4 Å². The Morgan fingerprint density at radius 2 is 1.63 bits per heavy atom. The molecule has 62 heavy (non-hydrogen) atoms. The maximum absolute atomic E-state index is 14.3. The number of aromatic nitrogens is 6. The van der Waals surface area contributed by atoms with E-state index in [1.165, 1.54) is 4.90 Å². The number of thiophene rings is 1. The molecular formula is C45H46N10O5S2. The number of benzene rings is 2. The second-order valence-electron chi connectivity index (χ2n) is 16.2. The van der Waals surface area contributed by atoms with Gasteiger partial charge in [0.05, 0.1) is 43.6 Å². The number of phenolic OH excluding ortho intramolecular Hbond substituents is 1. The zero-order valence-electron chi connectivity index (χ0n) is 34.7. The number of fused-ring (bicyclic) bond motifs is 1. The molecule has 0 spiro atoms. The van der Waals surface area contributed by atoms with Crippen molar-refractivity contribution in [3.8, 4) is 38.7 Å². The summed E-state index contributed by atoms with van der Waals surface area (Å²) in [6, 6.07) is 19.8. The highest BCUT2D eigenvalue weighted by Gasteiger charge is 2.43. The van der Waals surface area contributed by atoms with Crippen LogP contribution in [0.5, 0.6) is 5.75 Å². The van der Waals surface area contributed by atoms with Gasteiger partial charge < -0.3 is 34.8 Å². The maximum atomic E-state index is 14.3. The number of β-amino-alcohol motifs (C(OH)–C–C–N with tert-alkyl or cyclic N) is 1. The van der Waals surface area contributed by atoms with Crippen molar-refractivity contribution in [2.45, 2.75) is 58.2 Å². The molecule has 2 saturated heterocycles. The van der Waals surface area contributed by atoms with E-state index in [4.69, 9.17) is 4.52 Å². The number of nitrogens with one attached hydrogen (secondary N) is 1. The molecule has 15 nitrogen and oxygen atoms in total. The Morgan fingerprint density at radius 3 is 2.34 bits per heavy atom. The summed E-state index contributed by atoms with van der Waals surface area (Å²) in [5, 5.41) is 38.3. The summed E-state index contributed by atoms with van der Waals surface area (Å²) < 4.78 is 6.82. The summed E-state index contributed by atoms with van der Waals surface area (Å²) in [6.45, 7) is 10.8. The third kappa shape index (κ3) is 8.22. The van der Waals surface area contributed by atoms with Gasteiger partial charge in [-0.15, -0.1) is 32.9 Å². The predicted octanol–water partition coefficient (Wildman–Crippen LogP) is 6.85. The van der Waals surface area contributed by atoms with Gasteiger partial charge in [0, 0.05) is 74.8 Å². The van der Waals surface area contributed by atoms with Crippen LogP contribution in [0.2, 0.25) is 0 Å². The Kier molecular flexibility index (Phi) is 11.4. The van der Waals surface area contributed by atoms with E-state index in [1.807, 2.05) is 75.7 Å². The lowest BCUT2D eigenvalue weighted by atomic mass is 9.91. The summed E-state index contributed by atoms with van der Waals surface area (Å²) in [4.78, 5) is 48.8. The van der Waals surface area contributed by atoms with E-state index >= 15 is 0 Å². The van der Waals surface area contributed by atoms with Gasteiger partial charge in [0.2, 0.25) is 17.8 Å². The Balaban J connectivity index is 0.824. The third-order valence-corrected chi connectivity index (χ3v) is 13.8. The molecular weight excluding hydrogens is 825 g/mol. The molecule has 0 bridgehead atoms. The molecule has 2 unspecified atom stereocenters. The molecule has 318 valence electrons. The number of hydrogen-bond donors (Lipinski definition) is 3. The van der Waals surface area contributed by atoms with Crippen molar-refractivity contribution in [3.05, 3.63) is 102 Å². The first-order chi connectivity index (χ1) is 30.0. The lowest BCUT2D eigenvalue weighted by Gasteiger charge is -2.35. The normalized spacial score (nSPS) is 17.8. The number of thiazole rings is 1. The molecule has 7 heterocycles. The number of nitrogens with zero attached hydrogens (tertiary/aromatic N) is 9. The fourth-order valence-electron chi connectivity index (χ4n) is 8.23. The molecule has 7 aromatic rings. The Morgan fingerprint density at radius 1 is 0.887 bits per heavy atom. The number of rotatable bonds is 11. The molecule has 2 fully saturated rings. The second-order valence-corrected chi connectivity index (χ2v) is 18.1. The zero-order valence-corrected chi connectivity index (χ0v) is 36.3. The highest BCUT2D eigenvalue weighted by Crippen LogP contribution is 2.37. The number of aliphatic hydroxyl groups excluding tert-OH is 1. The van der Waals surface area contributed by atoms with Crippen molar-refractivity contribution in [3.63, 3.8) is 0 Å². The molecule has 17 heteroatoms. The fraction of sp³-hybridized carbons (Fsp3) is 0.333. The van der Waals surface area contributed by atoms with Crippen LogP contribution < -0.4 is 15.1 Å². The first-order valence-corrected chi connectivity index (χ1v) is 22.3. The molecule has 4 atom stereocenters. The van der Waals surface area contributed by atoms with E-state index < -0.39 is 18.1 Å². The Hall–Kier alpha value is -6.30. The van der Waals surface area contributed by atoms with Crippen molar-refractivity contribution in [1.29, 1.82) is 0 Å². The van der Waals surface area contributed by atoms with E-state index in [0.717, 1.165) is 63.1 Å². The third-order valence-electron chi connectivity index (χ3n) is 11.7. The van der Waals surface area contributed by atoms with Crippen LogP contribution in [0.4, 0.5) is 10.9 Å². The number of phenols is 1. The van der Waals surface area contributed by atoms with Crippen LogP contribution in [0, 0.1) is 12.8 Å². The van der Waals surface area contributed by atoms with Crippen molar-refractivity contribution < 1.29 is 24.3 Å². The number of aliphatic hydroxyl groups is 1. The lowest BCUT2D eigenvalue weighted by Crippen LogP contribution is -2.48. The number of para-hydroxylation sites is 1. The standard InChI is InChI=1S/C45H46N10O5S2/c1-25(2)41(44(59)55-23-31(56)17-36(55)43(58)49-26(3)28-9-11-29(12-10-28)42-27(4)48-24-61-42)38-18-33(52-60-38)30-21-46-45(47-22-30)54-15-13-53(14-16-54)40-20-35-39(62-40)19-34(50-51-35)32-7-5-6-8-37(32)57/h5-12,18-22,24-26,31,36,41,56-57H,13-17,23H2,1-4H3,(H,49,58)/t26?,31-,36+,41?/m1/s1. The molecule has 3 N–H and O–H groups in total. The number of piperazine rings is 1. The molecule has 0 aliphatic carbocycles. The summed E-state index contributed by atoms with van der Waals surface area (Å²) >= 11 is 3.24. The summed E-state index contributed by atoms with van der Waals surface area (Å²) in [5.74, 6) is -0.402. The number of amides is 2. The molecule has 2 amide bonds. The van der Waals surface area contributed by atoms with Crippen molar-refractivity contribution in [2.24, 2.45) is 5.92 Å². The van der Waals surface area contributed by atoms with Crippen LogP contribution in [-0.4, -0.2) is 102 Å². The summed E-state index contributed by atoms with van der Waals surface area (Å²) in [6.07, 6.45) is 2.73. The highest BCUT2D eigenvalue weighted by atomic mass is 32.1. The van der Waals surface area contributed by atoms with Gasteiger partial charge >= 0.3 is 0 Å². The quantitative estimate of drug-likeness (QED) is 0.123. The number of aryl methyl sites for hydroxylation is 1. The van der Waals surface area contributed by atoms with E-state index in [2.05, 4.69) is 51.5 Å². The van der Waals surface area contributed by atoms with E-state index in [1.54, 1.807) is 53.3 Å². The first kappa shape index (κ1) is 41.1. The monoisotopic (exact) mass is 870 g/mol. The smallest absolute Gasteiger partial charge is 0.243 e. The minimum Gasteiger partial charge on any atom is -0.507 e. The molecule has 0 radical (unpaired) electrons. The maximum Gasteiger partial charge on any atom is 0.243 e. The van der Waals surface area contributed by atoms with Crippen molar-refractivity contribution in [1.82, 2.24) is 40.5 Å². The average Bonchev–Trinajstić information content (AvgIpc) is 4.11. The van der Waals surface area contributed by atoms with E-state index in [9.17, 15) is 19.8 Å². The SMILES string of the molecule is Cc1ncsc1-c1ccc(C(C)NC(=O)[C@@H]2C[C@@H](O)CN2C(=O)C(c2cc(-c3cnc(N4CCN(c5cc6nnc(-c7ccccc7O)cc6s5)CC4)nc3)no2)C(C)C)cc1. The van der Waals surface area contributed by atoms with Gasteiger partial charge in [0.25, 0.3) is 0 Å². The van der Waals surface area contributed by atoms with Gasteiger partial charge in [0.1, 0.15) is 34.7 Å². The molecule has 2 aliphatic rings. The van der Waals surface area contributed by atoms with Crippen LogP contribution in [-0.2, 0) is 9.59 Å². The summed E-state index contributed by atoms with van der Waals surface area (Å²) in [7, 11) is 0. The zero-order chi connectivity index (χ0) is 43.1. The second kappa shape index (κ2) is 17.2. The lowest BCUT2D eigenvalue weighted by molar-refractivity contribution is -0.141. The van der Waals surface area contributed by atoms with Gasteiger partial charge in [-0.05, 0) is 49.1 Å². The number of aromatic hydroxyl groups is 1. The predicted molar refractivity (Wildman–Crippen MR) is 239 cm³/mol. The molecule has 9 rings (SSSR count). The average molecular weight is 871 g/mol. The van der Waals surface area contributed by atoms with Crippen LogP contribution >= 0.6 is 22.7 Å². The minimum absolute atomic E-state index is 0.0441. The van der Waals surface area contributed by atoms with E-state index in [0.29, 0.717) is 34.2 Å².